The zero-order valence-electron chi connectivity index (χ0n) is 11.9. The molecule has 0 bridgehead atoms. The molecule has 0 saturated carbocycles. The highest BCUT2D eigenvalue weighted by molar-refractivity contribution is 7.92. The van der Waals surface area contributed by atoms with Crippen molar-refractivity contribution in [2.24, 2.45) is 0 Å². The zero-order chi connectivity index (χ0) is 15.5. The number of nitrogens with one attached hydrogen (secondary N) is 2. The Morgan fingerprint density at radius 3 is 2.43 bits per heavy atom. The van der Waals surface area contributed by atoms with Crippen LogP contribution in [0.15, 0.2) is 35.5 Å². The average molecular weight is 308 g/mol. The number of benzene rings is 1. The van der Waals surface area contributed by atoms with Crippen LogP contribution in [-0.2, 0) is 10.0 Å². The fraction of sp³-hybridized carbons (Fsp3) is 0.231. The van der Waals surface area contributed by atoms with Gasteiger partial charge in [0.05, 0.1) is 25.2 Å². The molecular formula is C13H16N4O3S. The van der Waals surface area contributed by atoms with Gasteiger partial charge in [-0.3, -0.25) is 4.72 Å². The molecular weight excluding hydrogens is 292 g/mol. The van der Waals surface area contributed by atoms with Crippen LogP contribution in [0.3, 0.4) is 0 Å². The Morgan fingerprint density at radius 2 is 1.86 bits per heavy atom. The minimum atomic E-state index is -3.77. The summed E-state index contributed by atoms with van der Waals surface area (Å²) < 4.78 is 32.3. The SMILES string of the molecule is CNc1ncc(S(=O)(=O)Nc2cc(C)ccc2OC)cn1. The number of anilines is 2. The summed E-state index contributed by atoms with van der Waals surface area (Å²) in [6.45, 7) is 1.86. The predicted octanol–water partition coefficient (Wildman–Crippen LogP) is 1.64. The van der Waals surface area contributed by atoms with Gasteiger partial charge in [0.25, 0.3) is 10.0 Å². The number of nitrogens with zero attached hydrogens (tertiary/aromatic N) is 2. The van der Waals surface area contributed by atoms with Crippen molar-refractivity contribution in [3.8, 4) is 5.75 Å². The van der Waals surface area contributed by atoms with Crippen molar-refractivity contribution in [3.05, 3.63) is 36.2 Å². The van der Waals surface area contributed by atoms with E-state index in [-0.39, 0.29) is 4.90 Å². The highest BCUT2D eigenvalue weighted by atomic mass is 32.2. The summed E-state index contributed by atoms with van der Waals surface area (Å²) in [5.74, 6) is 0.791. The van der Waals surface area contributed by atoms with Crippen LogP contribution in [0, 0.1) is 6.92 Å². The molecule has 1 aromatic heterocycles. The molecule has 0 atom stereocenters. The maximum absolute atomic E-state index is 12.3. The smallest absolute Gasteiger partial charge is 0.265 e. The van der Waals surface area contributed by atoms with Gasteiger partial charge in [-0.05, 0) is 24.6 Å². The van der Waals surface area contributed by atoms with E-state index >= 15 is 0 Å². The fourth-order valence-corrected chi connectivity index (χ4v) is 2.64. The molecule has 0 fully saturated rings. The van der Waals surface area contributed by atoms with Crippen LogP contribution in [-0.4, -0.2) is 32.5 Å². The van der Waals surface area contributed by atoms with Gasteiger partial charge in [0, 0.05) is 7.05 Å². The van der Waals surface area contributed by atoms with Gasteiger partial charge in [0.2, 0.25) is 5.95 Å². The monoisotopic (exact) mass is 308 g/mol. The van der Waals surface area contributed by atoms with Gasteiger partial charge in [-0.1, -0.05) is 6.07 Å². The first-order valence-corrected chi connectivity index (χ1v) is 7.62. The Morgan fingerprint density at radius 1 is 1.19 bits per heavy atom. The van der Waals surface area contributed by atoms with Crippen LogP contribution < -0.4 is 14.8 Å². The molecule has 0 unspecified atom stereocenters. The van der Waals surface area contributed by atoms with Crippen LogP contribution >= 0.6 is 0 Å². The van der Waals surface area contributed by atoms with Crippen LogP contribution in [0.5, 0.6) is 5.75 Å². The van der Waals surface area contributed by atoms with E-state index in [9.17, 15) is 8.42 Å². The lowest BCUT2D eigenvalue weighted by molar-refractivity contribution is 0.417. The molecule has 0 aliphatic carbocycles. The molecule has 2 N–H and O–H groups in total. The van der Waals surface area contributed by atoms with E-state index in [0.717, 1.165) is 5.56 Å². The molecule has 0 amide bonds. The normalized spacial score (nSPS) is 11.0. The summed E-state index contributed by atoms with van der Waals surface area (Å²) >= 11 is 0. The summed E-state index contributed by atoms with van der Waals surface area (Å²) in [5, 5.41) is 2.72. The summed E-state index contributed by atoms with van der Waals surface area (Å²) in [6, 6.07) is 5.23. The molecule has 8 heteroatoms. The molecule has 7 nitrogen and oxygen atoms in total. The van der Waals surface area contributed by atoms with Crippen LogP contribution in [0.2, 0.25) is 0 Å². The van der Waals surface area contributed by atoms with Crippen molar-refractivity contribution in [3.63, 3.8) is 0 Å². The maximum Gasteiger partial charge on any atom is 0.265 e. The molecule has 0 saturated heterocycles. The number of ether oxygens (including phenoxy) is 1. The van der Waals surface area contributed by atoms with E-state index in [1.54, 1.807) is 19.2 Å². The van der Waals surface area contributed by atoms with Gasteiger partial charge in [-0.2, -0.15) is 0 Å². The molecule has 2 rings (SSSR count). The summed E-state index contributed by atoms with van der Waals surface area (Å²) in [7, 11) is -0.639. The van der Waals surface area contributed by atoms with Crippen molar-refractivity contribution in [2.75, 3.05) is 24.2 Å². The molecule has 21 heavy (non-hydrogen) atoms. The first-order valence-electron chi connectivity index (χ1n) is 6.13. The molecule has 0 aliphatic heterocycles. The second-order valence-electron chi connectivity index (χ2n) is 4.30. The van der Waals surface area contributed by atoms with E-state index in [4.69, 9.17) is 4.74 Å². The van der Waals surface area contributed by atoms with Crippen molar-refractivity contribution in [1.29, 1.82) is 0 Å². The van der Waals surface area contributed by atoms with Crippen molar-refractivity contribution in [2.45, 2.75) is 11.8 Å². The van der Waals surface area contributed by atoms with Crippen molar-refractivity contribution in [1.82, 2.24) is 9.97 Å². The summed E-state index contributed by atoms with van der Waals surface area (Å²) in [6.07, 6.45) is 2.48. The Labute approximate surface area is 123 Å². The third-order valence-electron chi connectivity index (χ3n) is 2.76. The van der Waals surface area contributed by atoms with Crippen molar-refractivity contribution >= 4 is 21.7 Å². The van der Waals surface area contributed by atoms with E-state index in [2.05, 4.69) is 20.0 Å². The predicted molar refractivity (Wildman–Crippen MR) is 80.1 cm³/mol. The molecule has 0 radical (unpaired) electrons. The maximum atomic E-state index is 12.3. The lowest BCUT2D eigenvalue weighted by atomic mass is 10.2. The minimum Gasteiger partial charge on any atom is -0.495 e. The fourth-order valence-electron chi connectivity index (χ4n) is 1.69. The molecule has 2 aromatic rings. The van der Waals surface area contributed by atoms with Gasteiger partial charge in [-0.15, -0.1) is 0 Å². The van der Waals surface area contributed by atoms with E-state index in [1.807, 2.05) is 13.0 Å². The first kappa shape index (κ1) is 15.0. The number of aromatic nitrogens is 2. The van der Waals surface area contributed by atoms with E-state index in [0.29, 0.717) is 17.4 Å². The largest absolute Gasteiger partial charge is 0.495 e. The lowest BCUT2D eigenvalue weighted by Crippen LogP contribution is -2.14. The molecule has 1 heterocycles. The molecule has 0 aliphatic rings. The number of hydrogen-bond acceptors (Lipinski definition) is 6. The van der Waals surface area contributed by atoms with Gasteiger partial charge >= 0.3 is 0 Å². The second kappa shape index (κ2) is 5.96. The quantitative estimate of drug-likeness (QED) is 0.872. The van der Waals surface area contributed by atoms with Gasteiger partial charge in [-0.25, -0.2) is 18.4 Å². The number of sulfonamides is 1. The van der Waals surface area contributed by atoms with Crippen LogP contribution in [0.4, 0.5) is 11.6 Å². The topological polar surface area (TPSA) is 93.2 Å². The second-order valence-corrected chi connectivity index (χ2v) is 5.98. The number of hydrogen-bond donors (Lipinski definition) is 2. The first-order chi connectivity index (χ1) is 9.96. The Kier molecular flexibility index (Phi) is 4.27. The van der Waals surface area contributed by atoms with E-state index in [1.165, 1.54) is 19.5 Å². The summed E-state index contributed by atoms with van der Waals surface area (Å²) in [5.41, 5.74) is 1.28. The molecule has 0 spiro atoms. The van der Waals surface area contributed by atoms with Crippen LogP contribution in [0.25, 0.3) is 0 Å². The Balaban J connectivity index is 2.34. The minimum absolute atomic E-state index is 0.0231. The van der Waals surface area contributed by atoms with Crippen molar-refractivity contribution < 1.29 is 13.2 Å². The number of rotatable bonds is 5. The number of aryl methyl sites for hydroxylation is 1. The average Bonchev–Trinajstić information content (AvgIpc) is 2.47. The number of methoxy groups -OCH3 is 1. The summed E-state index contributed by atoms with van der Waals surface area (Å²) in [4.78, 5) is 7.76. The zero-order valence-corrected chi connectivity index (χ0v) is 12.7. The lowest BCUT2D eigenvalue weighted by Gasteiger charge is -2.12. The Bertz CT molecular complexity index is 730. The van der Waals surface area contributed by atoms with Gasteiger partial charge in [0.1, 0.15) is 10.6 Å². The third-order valence-corrected chi connectivity index (χ3v) is 4.08. The molecule has 1 aromatic carbocycles. The standard InChI is InChI=1S/C13H16N4O3S/c1-9-4-5-12(20-3)11(6-9)17-21(18,19)10-7-15-13(14-2)16-8-10/h4-8,17H,1-3H3,(H,14,15,16). The van der Waals surface area contributed by atoms with Gasteiger partial charge in [0.15, 0.2) is 0 Å². The molecule has 112 valence electrons. The van der Waals surface area contributed by atoms with Crippen LogP contribution in [0.1, 0.15) is 5.56 Å². The van der Waals surface area contributed by atoms with Gasteiger partial charge < -0.3 is 10.1 Å². The van der Waals surface area contributed by atoms with E-state index < -0.39 is 10.0 Å². The Hall–Kier alpha value is -2.35. The third kappa shape index (κ3) is 3.40. The highest BCUT2D eigenvalue weighted by Crippen LogP contribution is 2.27. The highest BCUT2D eigenvalue weighted by Gasteiger charge is 2.17.